The van der Waals surface area contributed by atoms with Gasteiger partial charge in [0.05, 0.1) is 22.0 Å². The van der Waals surface area contributed by atoms with Gasteiger partial charge in [0.25, 0.3) is 5.91 Å². The number of aryl methyl sites for hydroxylation is 1. The fraction of sp³-hybridized carbons (Fsp3) is 0.120. The normalized spacial score (nSPS) is 10.6. The van der Waals surface area contributed by atoms with Gasteiger partial charge in [-0.1, -0.05) is 36.4 Å². The van der Waals surface area contributed by atoms with E-state index in [0.717, 1.165) is 27.0 Å². The highest BCUT2D eigenvalue weighted by molar-refractivity contribution is 7.09. The lowest BCUT2D eigenvalue weighted by Crippen LogP contribution is -2.21. The average molecular weight is 460 g/mol. The fourth-order valence-corrected chi connectivity index (χ4v) is 3.98. The number of hydrogen-bond donors (Lipinski definition) is 2. The Kier molecular flexibility index (Phi) is 6.46. The molecule has 7 nitrogen and oxygen atoms in total. The van der Waals surface area contributed by atoms with Crippen molar-refractivity contribution in [2.45, 2.75) is 13.8 Å². The maximum Gasteiger partial charge on any atom is 0.340 e. The fourth-order valence-electron chi connectivity index (χ4n) is 3.36. The minimum Gasteiger partial charge on any atom is -0.452 e. The van der Waals surface area contributed by atoms with Crippen LogP contribution in [0.1, 0.15) is 22.3 Å². The molecule has 2 amide bonds. The van der Waals surface area contributed by atoms with Crippen molar-refractivity contribution < 1.29 is 19.1 Å². The first kappa shape index (κ1) is 22.2. The van der Waals surface area contributed by atoms with E-state index in [2.05, 4.69) is 15.6 Å². The Balaban J connectivity index is 1.45. The summed E-state index contributed by atoms with van der Waals surface area (Å²) in [5.74, 6) is -1.49. The maximum atomic E-state index is 12.7. The summed E-state index contributed by atoms with van der Waals surface area (Å²) in [6, 6.07) is 18.1. The minimum absolute atomic E-state index is 0.178. The molecule has 4 aromatic rings. The molecular weight excluding hydrogens is 438 g/mol. The van der Waals surface area contributed by atoms with E-state index in [1.807, 2.05) is 54.8 Å². The van der Waals surface area contributed by atoms with Crippen LogP contribution in [0.15, 0.2) is 66.0 Å². The second-order valence-corrected chi connectivity index (χ2v) is 8.45. The van der Waals surface area contributed by atoms with Gasteiger partial charge in [0.2, 0.25) is 5.91 Å². The zero-order valence-electron chi connectivity index (χ0n) is 18.0. The Morgan fingerprint density at radius 3 is 2.42 bits per heavy atom. The van der Waals surface area contributed by atoms with Crippen LogP contribution in [0.5, 0.6) is 0 Å². The number of carbonyl (C=O) groups excluding carboxylic acids is 3. The number of ether oxygens (including phenoxy) is 1. The third kappa shape index (κ3) is 5.42. The van der Waals surface area contributed by atoms with Gasteiger partial charge in [-0.2, -0.15) is 0 Å². The molecule has 8 heteroatoms. The van der Waals surface area contributed by atoms with E-state index in [9.17, 15) is 14.4 Å². The molecule has 33 heavy (non-hydrogen) atoms. The number of amides is 2. The van der Waals surface area contributed by atoms with Gasteiger partial charge < -0.3 is 15.4 Å². The lowest BCUT2D eigenvalue weighted by molar-refractivity contribution is -0.119. The molecule has 0 fully saturated rings. The van der Waals surface area contributed by atoms with Gasteiger partial charge in [0.1, 0.15) is 0 Å². The Labute approximate surface area is 194 Å². The number of benzene rings is 3. The van der Waals surface area contributed by atoms with E-state index in [1.54, 1.807) is 29.5 Å². The lowest BCUT2D eigenvalue weighted by Gasteiger charge is -2.12. The van der Waals surface area contributed by atoms with Crippen LogP contribution in [0.4, 0.5) is 11.4 Å². The molecule has 3 aromatic carbocycles. The zero-order chi connectivity index (χ0) is 23.4. The number of anilines is 2. The number of aromatic nitrogens is 1. The summed E-state index contributed by atoms with van der Waals surface area (Å²) in [7, 11) is 0. The second-order valence-electron chi connectivity index (χ2n) is 7.38. The van der Waals surface area contributed by atoms with Crippen molar-refractivity contribution in [3.05, 3.63) is 76.6 Å². The van der Waals surface area contributed by atoms with Crippen molar-refractivity contribution in [3.8, 4) is 11.3 Å². The standard InChI is InChI=1S/C25H21N3O4S/c1-15(29)26-22-12-18-7-4-3-6-17(18)11-21(22)25(31)32-13-24(30)28-20-9-5-8-19(10-20)23-14-33-16(2)27-23/h3-12,14H,13H2,1-2H3,(H,26,29)(H,28,30). The summed E-state index contributed by atoms with van der Waals surface area (Å²) < 4.78 is 5.24. The molecule has 0 aliphatic rings. The number of fused-ring (bicyclic) bond motifs is 1. The molecular formula is C25H21N3O4S. The van der Waals surface area contributed by atoms with E-state index >= 15 is 0 Å². The van der Waals surface area contributed by atoms with Crippen molar-refractivity contribution >= 4 is 51.3 Å². The van der Waals surface area contributed by atoms with Gasteiger partial charge in [-0.3, -0.25) is 9.59 Å². The van der Waals surface area contributed by atoms with Gasteiger partial charge in [-0.25, -0.2) is 9.78 Å². The topological polar surface area (TPSA) is 97.4 Å². The number of nitrogens with one attached hydrogen (secondary N) is 2. The van der Waals surface area contributed by atoms with Crippen LogP contribution < -0.4 is 10.6 Å². The SMILES string of the molecule is CC(=O)Nc1cc2ccccc2cc1C(=O)OCC(=O)Nc1cccc(-c2csc(C)n2)c1. The predicted molar refractivity (Wildman–Crippen MR) is 129 cm³/mol. The van der Waals surface area contributed by atoms with E-state index < -0.39 is 18.5 Å². The molecule has 0 saturated heterocycles. The van der Waals surface area contributed by atoms with Crippen LogP contribution in [-0.2, 0) is 14.3 Å². The molecule has 0 atom stereocenters. The maximum absolute atomic E-state index is 12.7. The van der Waals surface area contributed by atoms with Crippen LogP contribution in [-0.4, -0.2) is 29.4 Å². The van der Waals surface area contributed by atoms with Gasteiger partial charge >= 0.3 is 5.97 Å². The Hall–Kier alpha value is -4.04. The molecule has 0 unspecified atom stereocenters. The summed E-state index contributed by atoms with van der Waals surface area (Å²) >= 11 is 1.55. The number of esters is 1. The Morgan fingerprint density at radius 1 is 0.970 bits per heavy atom. The predicted octanol–water partition coefficient (Wildman–Crippen LogP) is 5.03. The molecule has 1 heterocycles. The first-order valence-electron chi connectivity index (χ1n) is 10.2. The summed E-state index contributed by atoms with van der Waals surface area (Å²) in [6.45, 7) is 2.82. The quantitative estimate of drug-likeness (QED) is 0.394. The molecule has 0 aliphatic heterocycles. The van der Waals surface area contributed by atoms with Crippen LogP contribution in [0, 0.1) is 6.92 Å². The molecule has 0 aliphatic carbocycles. The second kappa shape index (κ2) is 9.62. The van der Waals surface area contributed by atoms with Crippen molar-refractivity contribution in [2.24, 2.45) is 0 Å². The first-order chi connectivity index (χ1) is 15.9. The molecule has 4 rings (SSSR count). The van der Waals surface area contributed by atoms with E-state index in [0.29, 0.717) is 11.4 Å². The number of thiazole rings is 1. The third-order valence-electron chi connectivity index (χ3n) is 4.81. The third-order valence-corrected chi connectivity index (χ3v) is 5.59. The lowest BCUT2D eigenvalue weighted by atomic mass is 10.0. The van der Waals surface area contributed by atoms with Crippen LogP contribution in [0.25, 0.3) is 22.0 Å². The monoisotopic (exact) mass is 459 g/mol. The van der Waals surface area contributed by atoms with Crippen molar-refractivity contribution in [1.82, 2.24) is 4.98 Å². The van der Waals surface area contributed by atoms with Crippen LogP contribution >= 0.6 is 11.3 Å². The number of rotatable bonds is 6. The summed E-state index contributed by atoms with van der Waals surface area (Å²) in [6.07, 6.45) is 0. The van der Waals surface area contributed by atoms with Crippen molar-refractivity contribution in [2.75, 3.05) is 17.2 Å². The highest BCUT2D eigenvalue weighted by atomic mass is 32.1. The van der Waals surface area contributed by atoms with E-state index in [1.165, 1.54) is 6.92 Å². The van der Waals surface area contributed by atoms with E-state index in [-0.39, 0.29) is 11.5 Å². The number of hydrogen-bond acceptors (Lipinski definition) is 6. The zero-order valence-corrected chi connectivity index (χ0v) is 18.9. The van der Waals surface area contributed by atoms with Crippen LogP contribution in [0.2, 0.25) is 0 Å². The molecule has 0 radical (unpaired) electrons. The summed E-state index contributed by atoms with van der Waals surface area (Å²) in [4.78, 5) is 41.2. The largest absolute Gasteiger partial charge is 0.452 e. The first-order valence-corrected chi connectivity index (χ1v) is 11.1. The van der Waals surface area contributed by atoms with Gasteiger partial charge in [0.15, 0.2) is 6.61 Å². The molecule has 2 N–H and O–H groups in total. The molecule has 0 spiro atoms. The summed E-state index contributed by atoms with van der Waals surface area (Å²) in [5, 5.41) is 9.98. The number of carbonyl (C=O) groups is 3. The molecule has 1 aromatic heterocycles. The smallest absolute Gasteiger partial charge is 0.340 e. The highest BCUT2D eigenvalue weighted by Gasteiger charge is 2.17. The van der Waals surface area contributed by atoms with Gasteiger partial charge in [-0.05, 0) is 42.0 Å². The Bertz CT molecular complexity index is 1360. The summed E-state index contributed by atoms with van der Waals surface area (Å²) in [5.41, 5.74) is 2.80. The van der Waals surface area contributed by atoms with E-state index in [4.69, 9.17) is 4.74 Å². The molecule has 0 bridgehead atoms. The van der Waals surface area contributed by atoms with Crippen LogP contribution in [0.3, 0.4) is 0 Å². The van der Waals surface area contributed by atoms with Crippen molar-refractivity contribution in [3.63, 3.8) is 0 Å². The van der Waals surface area contributed by atoms with Crippen molar-refractivity contribution in [1.29, 1.82) is 0 Å². The van der Waals surface area contributed by atoms with Gasteiger partial charge in [0, 0.05) is 23.6 Å². The Morgan fingerprint density at radius 2 is 1.73 bits per heavy atom. The highest BCUT2D eigenvalue weighted by Crippen LogP contribution is 2.26. The minimum atomic E-state index is -0.702. The molecule has 0 saturated carbocycles. The number of nitrogens with zero attached hydrogens (tertiary/aromatic N) is 1. The average Bonchev–Trinajstić information content (AvgIpc) is 3.23. The van der Waals surface area contributed by atoms with Gasteiger partial charge in [-0.15, -0.1) is 11.3 Å². The molecule has 166 valence electrons.